The van der Waals surface area contributed by atoms with E-state index in [1.54, 1.807) is 24.5 Å². The molecule has 0 aliphatic carbocycles. The van der Waals surface area contributed by atoms with Gasteiger partial charge in [-0.15, -0.1) is 0 Å². The molecule has 0 aliphatic heterocycles. The van der Waals surface area contributed by atoms with Gasteiger partial charge in [-0.1, -0.05) is 0 Å². The summed E-state index contributed by atoms with van der Waals surface area (Å²) in [6, 6.07) is 10.6. The molecule has 1 N–H and O–H groups in total. The Balaban J connectivity index is 0.000000172. The fourth-order valence-corrected chi connectivity index (χ4v) is 3.08. The van der Waals surface area contributed by atoms with Crippen LogP contribution in [-0.4, -0.2) is 14.5 Å². The second-order valence-electron chi connectivity index (χ2n) is 6.75. The maximum Gasteiger partial charge on any atom is 0.422 e. The number of nitrogens with one attached hydrogen (secondary N) is 1. The lowest BCUT2D eigenvalue weighted by Crippen LogP contribution is -2.25. The SMILES string of the molecule is O=c1[nH]c2ccc(F)cc2c(=O)o1.O=c1oc(=O)n(Cc2ccncc2)c2ccc(F)cc12. The summed E-state index contributed by atoms with van der Waals surface area (Å²) in [6.45, 7) is 0.216. The van der Waals surface area contributed by atoms with Gasteiger partial charge in [0.25, 0.3) is 0 Å². The van der Waals surface area contributed by atoms with Gasteiger partial charge in [0.1, 0.15) is 11.6 Å². The van der Waals surface area contributed by atoms with Gasteiger partial charge in [0.05, 0.1) is 28.4 Å². The van der Waals surface area contributed by atoms with Crippen molar-refractivity contribution in [1.82, 2.24) is 14.5 Å². The van der Waals surface area contributed by atoms with Gasteiger partial charge in [-0.3, -0.25) is 14.5 Å². The number of aromatic nitrogens is 3. The Bertz CT molecular complexity index is 1700. The van der Waals surface area contributed by atoms with Crippen LogP contribution in [0.5, 0.6) is 0 Å². The van der Waals surface area contributed by atoms with E-state index in [1.165, 1.54) is 22.8 Å². The highest BCUT2D eigenvalue weighted by Crippen LogP contribution is 2.12. The van der Waals surface area contributed by atoms with Gasteiger partial charge in [-0.2, -0.15) is 0 Å². The van der Waals surface area contributed by atoms with Gasteiger partial charge in [0.2, 0.25) is 0 Å². The van der Waals surface area contributed by atoms with Crippen LogP contribution in [-0.2, 0) is 6.54 Å². The first kappa shape index (κ1) is 21.6. The van der Waals surface area contributed by atoms with Crippen molar-refractivity contribution >= 4 is 21.8 Å². The molecule has 0 unspecified atom stereocenters. The van der Waals surface area contributed by atoms with E-state index in [0.29, 0.717) is 5.52 Å². The van der Waals surface area contributed by atoms with E-state index in [4.69, 9.17) is 0 Å². The molecule has 11 heteroatoms. The molecule has 0 fully saturated rings. The largest absolute Gasteiger partial charge is 0.422 e. The first-order valence-corrected chi connectivity index (χ1v) is 9.36. The zero-order chi connectivity index (χ0) is 23.5. The second-order valence-corrected chi connectivity index (χ2v) is 6.75. The van der Waals surface area contributed by atoms with E-state index in [-0.39, 0.29) is 22.8 Å². The molecular formula is C22H13F2N3O6. The van der Waals surface area contributed by atoms with Crippen LogP contribution in [0.3, 0.4) is 0 Å². The van der Waals surface area contributed by atoms with Crippen LogP contribution in [0.25, 0.3) is 21.8 Å². The normalized spacial score (nSPS) is 10.7. The number of hydrogen-bond donors (Lipinski definition) is 1. The molecule has 0 bridgehead atoms. The summed E-state index contributed by atoms with van der Waals surface area (Å²) < 4.78 is 36.0. The lowest BCUT2D eigenvalue weighted by molar-refractivity contribution is 0.424. The molecule has 3 heterocycles. The Morgan fingerprint density at radius 1 is 0.818 bits per heavy atom. The van der Waals surface area contributed by atoms with Crippen molar-refractivity contribution in [3.05, 3.63) is 120 Å². The molecule has 3 aromatic heterocycles. The first-order valence-electron chi connectivity index (χ1n) is 9.36. The highest BCUT2D eigenvalue weighted by molar-refractivity contribution is 5.77. The van der Waals surface area contributed by atoms with E-state index in [1.807, 2.05) is 0 Å². The molecule has 5 aromatic rings. The fourth-order valence-electron chi connectivity index (χ4n) is 3.08. The number of rotatable bonds is 2. The van der Waals surface area contributed by atoms with Gasteiger partial charge < -0.3 is 8.83 Å². The molecule has 0 radical (unpaired) electrons. The van der Waals surface area contributed by atoms with Crippen molar-refractivity contribution in [1.29, 1.82) is 0 Å². The number of nitrogens with zero attached hydrogens (tertiary/aromatic N) is 2. The summed E-state index contributed by atoms with van der Waals surface area (Å²) >= 11 is 0. The van der Waals surface area contributed by atoms with Gasteiger partial charge in [0.15, 0.2) is 0 Å². The summed E-state index contributed by atoms with van der Waals surface area (Å²) in [5, 5.41) is 0.0678. The number of H-pyrrole nitrogens is 1. The number of pyridine rings is 1. The van der Waals surface area contributed by atoms with Crippen molar-refractivity contribution in [2.24, 2.45) is 0 Å². The molecule has 0 aliphatic rings. The van der Waals surface area contributed by atoms with Crippen LogP contribution in [0.15, 0.2) is 88.9 Å². The van der Waals surface area contributed by atoms with Crippen LogP contribution in [0.2, 0.25) is 0 Å². The molecule has 0 saturated heterocycles. The topological polar surface area (TPSA) is 128 Å². The number of halogens is 2. The van der Waals surface area contributed by atoms with Crippen molar-refractivity contribution in [3.8, 4) is 0 Å². The number of aromatic amines is 1. The van der Waals surface area contributed by atoms with Crippen LogP contribution in [0.1, 0.15) is 5.56 Å². The number of benzene rings is 2. The minimum atomic E-state index is -0.843. The van der Waals surface area contributed by atoms with E-state index in [0.717, 1.165) is 23.8 Å². The van der Waals surface area contributed by atoms with Crippen LogP contribution in [0.4, 0.5) is 8.78 Å². The Hall–Kier alpha value is -4.67. The third-order valence-corrected chi connectivity index (χ3v) is 4.58. The standard InChI is InChI=1S/C14H9FN2O3.C8H4FNO3/c15-10-1-2-12-11(7-10)13(18)20-14(19)17(12)8-9-3-5-16-6-4-9;9-4-1-2-6-5(3-4)7(11)13-8(12)10-6/h1-7H,8H2;1-3H,(H,10,12). The van der Waals surface area contributed by atoms with Crippen LogP contribution >= 0.6 is 0 Å². The molecule has 5 rings (SSSR count). The maximum atomic E-state index is 13.2. The minimum Gasteiger partial charge on any atom is -0.372 e. The van der Waals surface area contributed by atoms with Gasteiger partial charge in [-0.25, -0.2) is 28.0 Å². The van der Waals surface area contributed by atoms with E-state index < -0.39 is 34.4 Å². The molecular weight excluding hydrogens is 440 g/mol. The molecule has 0 atom stereocenters. The van der Waals surface area contributed by atoms with Gasteiger partial charge in [-0.05, 0) is 54.1 Å². The predicted octanol–water partition coefficient (Wildman–Crippen LogP) is 2.16. The summed E-state index contributed by atoms with van der Waals surface area (Å²) in [4.78, 5) is 51.3. The van der Waals surface area contributed by atoms with Gasteiger partial charge >= 0.3 is 22.8 Å². The van der Waals surface area contributed by atoms with Gasteiger partial charge in [0, 0.05) is 12.4 Å². The highest BCUT2D eigenvalue weighted by atomic mass is 19.1. The Kier molecular flexibility index (Phi) is 5.77. The summed E-state index contributed by atoms with van der Waals surface area (Å²) in [6.07, 6.45) is 3.20. The van der Waals surface area contributed by atoms with Crippen molar-refractivity contribution in [3.63, 3.8) is 0 Å². The molecule has 0 spiro atoms. The third-order valence-electron chi connectivity index (χ3n) is 4.58. The van der Waals surface area contributed by atoms with E-state index in [2.05, 4.69) is 18.8 Å². The molecule has 0 saturated carbocycles. The molecule has 2 aromatic carbocycles. The minimum absolute atomic E-state index is 0.0274. The smallest absolute Gasteiger partial charge is 0.372 e. The zero-order valence-electron chi connectivity index (χ0n) is 16.6. The quantitative estimate of drug-likeness (QED) is 0.434. The van der Waals surface area contributed by atoms with Crippen molar-refractivity contribution < 1.29 is 17.6 Å². The average molecular weight is 453 g/mol. The zero-order valence-corrected chi connectivity index (χ0v) is 16.6. The lowest BCUT2D eigenvalue weighted by atomic mass is 10.2. The Labute approximate surface area is 181 Å². The monoisotopic (exact) mass is 453 g/mol. The first-order chi connectivity index (χ1) is 15.8. The maximum absolute atomic E-state index is 13.2. The molecule has 33 heavy (non-hydrogen) atoms. The summed E-state index contributed by atoms with van der Waals surface area (Å²) in [5.74, 6) is -2.72. The number of fused-ring (bicyclic) bond motifs is 2. The third kappa shape index (κ3) is 4.66. The van der Waals surface area contributed by atoms with Crippen LogP contribution < -0.4 is 22.8 Å². The lowest BCUT2D eigenvalue weighted by Gasteiger charge is -2.08. The molecule has 0 amide bonds. The highest BCUT2D eigenvalue weighted by Gasteiger charge is 2.10. The predicted molar refractivity (Wildman–Crippen MR) is 113 cm³/mol. The van der Waals surface area contributed by atoms with Crippen LogP contribution in [0, 0.1) is 11.6 Å². The Morgan fingerprint density at radius 3 is 2.18 bits per heavy atom. The summed E-state index contributed by atoms with van der Waals surface area (Å²) in [5.41, 5.74) is -0.248. The van der Waals surface area contributed by atoms with E-state index >= 15 is 0 Å². The Morgan fingerprint density at radius 2 is 1.45 bits per heavy atom. The van der Waals surface area contributed by atoms with Crippen molar-refractivity contribution in [2.45, 2.75) is 6.54 Å². The van der Waals surface area contributed by atoms with Crippen molar-refractivity contribution in [2.75, 3.05) is 0 Å². The van der Waals surface area contributed by atoms with E-state index in [9.17, 15) is 28.0 Å². The summed E-state index contributed by atoms with van der Waals surface area (Å²) in [7, 11) is 0. The number of hydrogen-bond acceptors (Lipinski definition) is 7. The average Bonchev–Trinajstić information content (AvgIpc) is 2.78. The fraction of sp³-hybridized carbons (Fsp3) is 0.0455. The molecule has 166 valence electrons. The molecule has 9 nitrogen and oxygen atoms in total. The second kappa shape index (κ2) is 8.83.